The monoisotopic (exact) mass is 225 g/mol. The van der Waals surface area contributed by atoms with Crippen LogP contribution in [0.2, 0.25) is 0 Å². The van der Waals surface area contributed by atoms with Gasteiger partial charge in [0.25, 0.3) is 0 Å². The van der Waals surface area contributed by atoms with Gasteiger partial charge < -0.3 is 10.1 Å². The molecule has 0 spiro atoms. The molecule has 0 heterocycles. The van der Waals surface area contributed by atoms with E-state index in [9.17, 15) is 0 Å². The van der Waals surface area contributed by atoms with Gasteiger partial charge in [0.05, 0.1) is 5.60 Å². The van der Waals surface area contributed by atoms with Crippen molar-refractivity contribution in [3.63, 3.8) is 0 Å². The summed E-state index contributed by atoms with van der Waals surface area (Å²) in [5.41, 5.74) is 1.26. The maximum Gasteiger partial charge on any atom is 0.0834 e. The van der Waals surface area contributed by atoms with Crippen molar-refractivity contribution >= 4 is 0 Å². The normalized spacial score (nSPS) is 32.4. The van der Waals surface area contributed by atoms with Crippen LogP contribution in [0.3, 0.4) is 0 Å². The molecule has 16 heavy (non-hydrogen) atoms. The van der Waals surface area contributed by atoms with Gasteiger partial charge in [-0.05, 0) is 52.0 Å². The number of ether oxygens (including phenoxy) is 1. The van der Waals surface area contributed by atoms with Crippen molar-refractivity contribution in [2.45, 2.75) is 57.6 Å². The van der Waals surface area contributed by atoms with Gasteiger partial charge in [0, 0.05) is 13.2 Å². The molecule has 1 saturated carbocycles. The van der Waals surface area contributed by atoms with Gasteiger partial charge in [0.2, 0.25) is 0 Å². The van der Waals surface area contributed by atoms with Crippen LogP contribution in [0.1, 0.15) is 46.0 Å². The van der Waals surface area contributed by atoms with Crippen molar-refractivity contribution in [2.75, 3.05) is 14.2 Å². The molecule has 0 aromatic rings. The van der Waals surface area contributed by atoms with Crippen LogP contribution < -0.4 is 5.32 Å². The molecule has 0 aromatic carbocycles. The van der Waals surface area contributed by atoms with Crippen molar-refractivity contribution in [1.82, 2.24) is 5.32 Å². The van der Waals surface area contributed by atoms with Crippen LogP contribution in [0.15, 0.2) is 12.2 Å². The minimum atomic E-state index is 0.0280. The summed E-state index contributed by atoms with van der Waals surface area (Å²) >= 11 is 0. The minimum Gasteiger partial charge on any atom is -0.377 e. The summed E-state index contributed by atoms with van der Waals surface area (Å²) in [6.07, 6.45) is 5.91. The molecule has 2 heteroatoms. The Labute approximate surface area is 100 Å². The summed E-state index contributed by atoms with van der Waals surface area (Å²) < 4.78 is 5.88. The fourth-order valence-electron chi connectivity index (χ4n) is 2.85. The summed E-state index contributed by atoms with van der Waals surface area (Å²) in [7, 11) is 3.89. The summed E-state index contributed by atoms with van der Waals surface area (Å²) in [6, 6.07) is 0.405. The van der Waals surface area contributed by atoms with Crippen LogP contribution in [0.4, 0.5) is 0 Å². The molecule has 1 atom stereocenters. The molecule has 0 aliphatic heterocycles. The second kappa shape index (κ2) is 5.83. The molecule has 1 rings (SSSR count). The SMILES string of the molecule is C=C(C)CC(NC)C1(OC)CCC(C)CC1. The summed E-state index contributed by atoms with van der Waals surface area (Å²) in [4.78, 5) is 0. The highest BCUT2D eigenvalue weighted by molar-refractivity contribution is 5.03. The maximum absolute atomic E-state index is 5.88. The topological polar surface area (TPSA) is 21.3 Å². The molecular weight excluding hydrogens is 198 g/mol. The van der Waals surface area contributed by atoms with Crippen LogP contribution in [-0.4, -0.2) is 25.8 Å². The van der Waals surface area contributed by atoms with E-state index in [1.807, 2.05) is 14.2 Å². The van der Waals surface area contributed by atoms with Crippen molar-refractivity contribution in [2.24, 2.45) is 5.92 Å². The number of hydrogen-bond acceptors (Lipinski definition) is 2. The fourth-order valence-corrected chi connectivity index (χ4v) is 2.85. The standard InChI is InChI=1S/C14H27NO/c1-11(2)10-13(15-4)14(16-5)8-6-12(3)7-9-14/h12-13,15H,1,6-10H2,2-5H3. The van der Waals surface area contributed by atoms with E-state index < -0.39 is 0 Å². The molecule has 1 aliphatic rings. The predicted molar refractivity (Wildman–Crippen MR) is 69.7 cm³/mol. The van der Waals surface area contributed by atoms with E-state index in [0.717, 1.165) is 12.3 Å². The first-order chi connectivity index (χ1) is 7.54. The zero-order valence-electron chi connectivity index (χ0n) is 11.3. The first-order valence-electron chi connectivity index (χ1n) is 6.41. The van der Waals surface area contributed by atoms with Crippen molar-refractivity contribution in [3.05, 3.63) is 12.2 Å². The Bertz CT molecular complexity index is 229. The first-order valence-corrected chi connectivity index (χ1v) is 6.41. The quantitative estimate of drug-likeness (QED) is 0.726. The second-order valence-electron chi connectivity index (χ2n) is 5.45. The molecule has 1 N–H and O–H groups in total. The van der Waals surface area contributed by atoms with Gasteiger partial charge in [-0.3, -0.25) is 0 Å². The van der Waals surface area contributed by atoms with E-state index in [2.05, 4.69) is 25.7 Å². The molecule has 0 saturated heterocycles. The Kier molecular flexibility index (Phi) is 5.00. The van der Waals surface area contributed by atoms with E-state index in [1.165, 1.54) is 31.3 Å². The minimum absolute atomic E-state index is 0.0280. The van der Waals surface area contributed by atoms with Gasteiger partial charge >= 0.3 is 0 Å². The van der Waals surface area contributed by atoms with Gasteiger partial charge in [-0.15, -0.1) is 6.58 Å². The smallest absolute Gasteiger partial charge is 0.0834 e. The highest BCUT2D eigenvalue weighted by Gasteiger charge is 2.40. The van der Waals surface area contributed by atoms with Crippen LogP contribution in [0.25, 0.3) is 0 Å². The molecule has 2 nitrogen and oxygen atoms in total. The van der Waals surface area contributed by atoms with E-state index in [0.29, 0.717) is 6.04 Å². The van der Waals surface area contributed by atoms with Crippen molar-refractivity contribution in [3.8, 4) is 0 Å². The summed E-state index contributed by atoms with van der Waals surface area (Å²) in [5, 5.41) is 3.42. The summed E-state index contributed by atoms with van der Waals surface area (Å²) in [5.74, 6) is 0.852. The second-order valence-corrected chi connectivity index (χ2v) is 5.45. The van der Waals surface area contributed by atoms with Crippen molar-refractivity contribution < 1.29 is 4.74 Å². The highest BCUT2D eigenvalue weighted by atomic mass is 16.5. The van der Waals surface area contributed by atoms with Gasteiger partial charge in [0.15, 0.2) is 0 Å². The molecule has 1 fully saturated rings. The molecule has 94 valence electrons. The zero-order chi connectivity index (χ0) is 12.2. The van der Waals surface area contributed by atoms with E-state index in [-0.39, 0.29) is 5.60 Å². The number of hydrogen-bond donors (Lipinski definition) is 1. The molecular formula is C14H27NO. The number of nitrogens with one attached hydrogen (secondary N) is 1. The van der Waals surface area contributed by atoms with Crippen LogP contribution >= 0.6 is 0 Å². The Balaban J connectivity index is 2.72. The van der Waals surface area contributed by atoms with E-state index in [4.69, 9.17) is 4.74 Å². The van der Waals surface area contributed by atoms with Gasteiger partial charge in [0.1, 0.15) is 0 Å². The van der Waals surface area contributed by atoms with Gasteiger partial charge in [-0.2, -0.15) is 0 Å². The van der Waals surface area contributed by atoms with E-state index >= 15 is 0 Å². The lowest BCUT2D eigenvalue weighted by Crippen LogP contribution is -2.52. The first kappa shape index (κ1) is 13.7. The fraction of sp³-hybridized carbons (Fsp3) is 0.857. The van der Waals surface area contributed by atoms with Crippen molar-refractivity contribution in [1.29, 1.82) is 0 Å². The van der Waals surface area contributed by atoms with Gasteiger partial charge in [-0.25, -0.2) is 0 Å². The third-order valence-electron chi connectivity index (χ3n) is 4.06. The number of methoxy groups -OCH3 is 1. The molecule has 0 aromatic heterocycles. The number of rotatable bonds is 5. The Hall–Kier alpha value is -0.340. The van der Waals surface area contributed by atoms with Crippen LogP contribution in [-0.2, 0) is 4.74 Å². The predicted octanol–water partition coefficient (Wildman–Crippen LogP) is 3.14. The van der Waals surface area contributed by atoms with Crippen LogP contribution in [0, 0.1) is 5.92 Å². The number of likely N-dealkylation sites (N-methyl/N-ethyl adjacent to an activating group) is 1. The molecule has 0 bridgehead atoms. The van der Waals surface area contributed by atoms with Crippen LogP contribution in [0.5, 0.6) is 0 Å². The average molecular weight is 225 g/mol. The Morgan fingerprint density at radius 2 is 2.06 bits per heavy atom. The largest absolute Gasteiger partial charge is 0.377 e. The lowest BCUT2D eigenvalue weighted by molar-refractivity contribution is -0.0730. The third kappa shape index (κ3) is 3.08. The molecule has 1 unspecified atom stereocenters. The zero-order valence-corrected chi connectivity index (χ0v) is 11.3. The lowest BCUT2D eigenvalue weighted by atomic mass is 9.74. The summed E-state index contributed by atoms with van der Waals surface area (Å²) in [6.45, 7) is 8.46. The molecule has 1 aliphatic carbocycles. The maximum atomic E-state index is 5.88. The Morgan fingerprint density at radius 1 is 1.50 bits per heavy atom. The highest BCUT2D eigenvalue weighted by Crippen LogP contribution is 2.38. The molecule has 0 radical (unpaired) electrons. The molecule has 0 amide bonds. The Morgan fingerprint density at radius 3 is 2.44 bits per heavy atom. The third-order valence-corrected chi connectivity index (χ3v) is 4.06. The van der Waals surface area contributed by atoms with Gasteiger partial charge in [-0.1, -0.05) is 12.5 Å². The average Bonchev–Trinajstić information content (AvgIpc) is 2.27. The lowest BCUT2D eigenvalue weighted by Gasteiger charge is -2.44. The van der Waals surface area contributed by atoms with E-state index in [1.54, 1.807) is 0 Å².